The van der Waals surface area contributed by atoms with E-state index < -0.39 is 5.97 Å². The quantitative estimate of drug-likeness (QED) is 0.774. The van der Waals surface area contributed by atoms with Crippen molar-refractivity contribution >= 4 is 5.97 Å². The number of aromatic amines is 1. The van der Waals surface area contributed by atoms with E-state index in [0.29, 0.717) is 28.5 Å². The second-order valence-electron chi connectivity index (χ2n) is 5.29. The first kappa shape index (κ1) is 18.7. The number of hydrogen-bond donors (Lipinski definition) is 1. The van der Waals surface area contributed by atoms with Crippen molar-refractivity contribution < 1.29 is 28.5 Å². The first-order valence-corrected chi connectivity index (χ1v) is 7.61. The summed E-state index contributed by atoms with van der Waals surface area (Å²) in [5, 5.41) is 0. The van der Waals surface area contributed by atoms with E-state index in [1.165, 1.54) is 7.11 Å². The van der Waals surface area contributed by atoms with Crippen LogP contribution in [0.5, 0.6) is 17.2 Å². The first-order chi connectivity index (χ1) is 12.0. The fourth-order valence-corrected chi connectivity index (χ4v) is 2.90. The van der Waals surface area contributed by atoms with Gasteiger partial charge in [0.15, 0.2) is 11.5 Å². The van der Waals surface area contributed by atoms with E-state index in [1.54, 1.807) is 34.5 Å². The third-order valence-electron chi connectivity index (χ3n) is 3.94. The summed E-state index contributed by atoms with van der Waals surface area (Å²) in [6.07, 6.45) is 0. The van der Waals surface area contributed by atoms with Gasteiger partial charge in [-0.3, -0.25) is 0 Å². The number of methoxy groups -OCH3 is 5. The minimum absolute atomic E-state index is 0.238. The van der Waals surface area contributed by atoms with Crippen LogP contribution in [0.1, 0.15) is 21.7 Å². The molecule has 0 unspecified atom stereocenters. The molecule has 136 valence electrons. The summed E-state index contributed by atoms with van der Waals surface area (Å²) in [7, 11) is 7.57. The molecule has 0 radical (unpaired) electrons. The zero-order chi connectivity index (χ0) is 18.6. The topological polar surface area (TPSA) is 79.0 Å². The molecular formula is C18H23NO6. The van der Waals surface area contributed by atoms with Crippen LogP contribution in [0.25, 0.3) is 11.1 Å². The highest BCUT2D eigenvalue weighted by molar-refractivity contribution is 5.94. The molecule has 1 N–H and O–H groups in total. The number of carbonyl (C=O) groups is 1. The van der Waals surface area contributed by atoms with Gasteiger partial charge in [-0.25, -0.2) is 4.79 Å². The second-order valence-corrected chi connectivity index (χ2v) is 5.29. The third kappa shape index (κ3) is 3.28. The molecule has 2 rings (SSSR count). The Bertz CT molecular complexity index is 765. The molecule has 0 spiro atoms. The van der Waals surface area contributed by atoms with Gasteiger partial charge in [0.25, 0.3) is 0 Å². The van der Waals surface area contributed by atoms with Crippen LogP contribution in [0.15, 0.2) is 12.1 Å². The Morgan fingerprint density at radius 2 is 1.68 bits per heavy atom. The number of hydrogen-bond acceptors (Lipinski definition) is 6. The lowest BCUT2D eigenvalue weighted by Gasteiger charge is -2.17. The number of carbonyl (C=O) groups excluding carboxylic acids is 1. The van der Waals surface area contributed by atoms with E-state index in [-0.39, 0.29) is 6.61 Å². The number of esters is 1. The highest BCUT2D eigenvalue weighted by atomic mass is 16.5. The summed E-state index contributed by atoms with van der Waals surface area (Å²) in [5.41, 5.74) is 3.40. The van der Waals surface area contributed by atoms with Crippen molar-refractivity contribution in [2.75, 3.05) is 35.5 Å². The molecule has 0 bridgehead atoms. The fourth-order valence-electron chi connectivity index (χ4n) is 2.90. The molecule has 2 aromatic rings. The van der Waals surface area contributed by atoms with Gasteiger partial charge in [-0.2, -0.15) is 0 Å². The van der Waals surface area contributed by atoms with Gasteiger partial charge >= 0.3 is 5.97 Å². The fraction of sp³-hybridized carbons (Fsp3) is 0.389. The van der Waals surface area contributed by atoms with Crippen LogP contribution in [-0.2, 0) is 16.1 Å². The third-order valence-corrected chi connectivity index (χ3v) is 3.94. The summed E-state index contributed by atoms with van der Waals surface area (Å²) in [4.78, 5) is 15.2. The van der Waals surface area contributed by atoms with Gasteiger partial charge in [0.05, 0.1) is 35.0 Å². The zero-order valence-electron chi connectivity index (χ0n) is 15.3. The van der Waals surface area contributed by atoms with Gasteiger partial charge < -0.3 is 28.7 Å². The molecule has 25 heavy (non-hydrogen) atoms. The number of nitrogens with one attached hydrogen (secondary N) is 1. The molecule has 0 atom stereocenters. The zero-order valence-corrected chi connectivity index (χ0v) is 15.3. The Balaban J connectivity index is 2.78. The van der Waals surface area contributed by atoms with Crippen molar-refractivity contribution in [2.45, 2.75) is 13.5 Å². The van der Waals surface area contributed by atoms with Crippen LogP contribution >= 0.6 is 0 Å². The summed E-state index contributed by atoms with van der Waals surface area (Å²) >= 11 is 0. The number of ether oxygens (including phenoxy) is 5. The normalized spacial score (nSPS) is 10.5. The van der Waals surface area contributed by atoms with Crippen LogP contribution in [0.3, 0.4) is 0 Å². The molecule has 0 amide bonds. The van der Waals surface area contributed by atoms with Crippen LogP contribution in [0.4, 0.5) is 0 Å². The van der Waals surface area contributed by atoms with Crippen LogP contribution in [0.2, 0.25) is 0 Å². The maximum atomic E-state index is 12.1. The molecule has 7 nitrogen and oxygen atoms in total. The maximum absolute atomic E-state index is 12.1. The molecule has 0 aliphatic heterocycles. The van der Waals surface area contributed by atoms with E-state index in [2.05, 4.69) is 4.98 Å². The predicted octanol–water partition coefficient (Wildman–Crippen LogP) is 2.95. The Morgan fingerprint density at radius 1 is 1.00 bits per heavy atom. The largest absolute Gasteiger partial charge is 0.493 e. The molecule has 1 aromatic carbocycles. The summed E-state index contributed by atoms with van der Waals surface area (Å²) in [6.45, 7) is 2.11. The molecule has 0 saturated heterocycles. The Hall–Kier alpha value is -2.67. The summed E-state index contributed by atoms with van der Waals surface area (Å²) in [6, 6.07) is 3.65. The summed E-state index contributed by atoms with van der Waals surface area (Å²) in [5.74, 6) is 1.09. The lowest BCUT2D eigenvalue weighted by Crippen LogP contribution is -2.06. The van der Waals surface area contributed by atoms with E-state index >= 15 is 0 Å². The molecule has 0 saturated carbocycles. The van der Waals surface area contributed by atoms with E-state index in [1.807, 2.05) is 13.0 Å². The first-order valence-electron chi connectivity index (χ1n) is 7.61. The van der Waals surface area contributed by atoms with Crippen LogP contribution in [-0.4, -0.2) is 46.5 Å². The molecule has 0 fully saturated rings. The van der Waals surface area contributed by atoms with E-state index in [0.717, 1.165) is 16.8 Å². The lowest BCUT2D eigenvalue weighted by molar-refractivity contribution is 0.0589. The van der Waals surface area contributed by atoms with Crippen LogP contribution < -0.4 is 14.2 Å². The Labute approximate surface area is 146 Å². The number of aromatic nitrogens is 1. The number of rotatable bonds is 7. The molecule has 0 aliphatic rings. The minimum atomic E-state index is -0.458. The standard InChI is InChI=1S/C18H23NO6/c1-10-14(12(9-21-2)15(19-10)18(20)25-6)11-7-8-13(22-3)17(24-5)16(11)23-4/h7-8,19H,9H2,1-6H3. The highest BCUT2D eigenvalue weighted by Crippen LogP contribution is 2.46. The number of H-pyrrole nitrogens is 1. The molecule has 7 heteroatoms. The average molecular weight is 349 g/mol. The van der Waals surface area contributed by atoms with Gasteiger partial charge in [-0.15, -0.1) is 0 Å². The van der Waals surface area contributed by atoms with Gasteiger partial charge in [0.1, 0.15) is 5.69 Å². The SMILES string of the molecule is COCc1c(C(=O)OC)[nH]c(C)c1-c1ccc(OC)c(OC)c1OC. The van der Waals surface area contributed by atoms with Crippen molar-refractivity contribution in [3.05, 3.63) is 29.1 Å². The van der Waals surface area contributed by atoms with E-state index in [4.69, 9.17) is 23.7 Å². The number of aryl methyl sites for hydroxylation is 1. The highest BCUT2D eigenvalue weighted by Gasteiger charge is 2.26. The van der Waals surface area contributed by atoms with Crippen molar-refractivity contribution in [2.24, 2.45) is 0 Å². The molecular weight excluding hydrogens is 326 g/mol. The maximum Gasteiger partial charge on any atom is 0.354 e. The second kappa shape index (κ2) is 7.94. The molecule has 1 aromatic heterocycles. The van der Waals surface area contributed by atoms with Crippen molar-refractivity contribution in [1.82, 2.24) is 4.98 Å². The average Bonchev–Trinajstić information content (AvgIpc) is 2.95. The van der Waals surface area contributed by atoms with Crippen molar-refractivity contribution in [3.8, 4) is 28.4 Å². The van der Waals surface area contributed by atoms with Crippen LogP contribution in [0, 0.1) is 6.92 Å². The van der Waals surface area contributed by atoms with Gasteiger partial charge in [0, 0.05) is 29.5 Å². The van der Waals surface area contributed by atoms with Gasteiger partial charge in [0.2, 0.25) is 5.75 Å². The smallest absolute Gasteiger partial charge is 0.354 e. The monoisotopic (exact) mass is 349 g/mol. The molecule has 0 aliphatic carbocycles. The van der Waals surface area contributed by atoms with Crippen molar-refractivity contribution in [1.29, 1.82) is 0 Å². The van der Waals surface area contributed by atoms with Crippen molar-refractivity contribution in [3.63, 3.8) is 0 Å². The minimum Gasteiger partial charge on any atom is -0.493 e. The van der Waals surface area contributed by atoms with Gasteiger partial charge in [-0.05, 0) is 19.1 Å². The Kier molecular flexibility index (Phi) is 5.93. The predicted molar refractivity (Wildman–Crippen MR) is 92.7 cm³/mol. The van der Waals surface area contributed by atoms with Gasteiger partial charge in [-0.1, -0.05) is 0 Å². The summed E-state index contributed by atoms with van der Waals surface area (Å²) < 4.78 is 26.5. The molecule has 1 heterocycles. The number of benzene rings is 1. The lowest BCUT2D eigenvalue weighted by atomic mass is 9.98. The van der Waals surface area contributed by atoms with E-state index in [9.17, 15) is 4.79 Å². The Morgan fingerprint density at radius 3 is 2.20 bits per heavy atom.